The second-order valence-electron chi connectivity index (χ2n) is 7.35. The number of ether oxygens (including phenoxy) is 2. The topological polar surface area (TPSA) is 73.6 Å². The van der Waals surface area contributed by atoms with Gasteiger partial charge in [0.2, 0.25) is 5.89 Å². The molecule has 0 bridgehead atoms. The van der Waals surface area contributed by atoms with Gasteiger partial charge in [0.1, 0.15) is 17.0 Å². The third-order valence-electron chi connectivity index (χ3n) is 5.20. The quantitative estimate of drug-likeness (QED) is 0.322. The predicted octanol–water partition coefficient (Wildman–Crippen LogP) is 6.33. The van der Waals surface area contributed by atoms with Crippen LogP contribution >= 0.6 is 11.6 Å². The number of benzene rings is 4. The molecule has 0 atom stereocenters. The molecule has 0 unspecified atom stereocenters. The van der Waals surface area contributed by atoms with Crippen LogP contribution in [-0.2, 0) is 4.79 Å². The van der Waals surface area contributed by atoms with Gasteiger partial charge in [-0.3, -0.25) is 4.79 Å². The first-order valence-corrected chi connectivity index (χ1v) is 10.6. The van der Waals surface area contributed by atoms with E-state index in [4.69, 9.17) is 25.5 Å². The van der Waals surface area contributed by atoms with Crippen LogP contribution in [0.15, 0.2) is 83.3 Å². The van der Waals surface area contributed by atoms with Crippen molar-refractivity contribution in [1.29, 1.82) is 0 Å². The SMILES string of the molecule is COc1ccc(OCC(=O)Nc2ccc3oc(-c4cccc5c(Cl)cccc45)nc3c2)cc1. The van der Waals surface area contributed by atoms with E-state index in [1.54, 1.807) is 49.6 Å². The van der Waals surface area contributed by atoms with Crippen LogP contribution in [0.5, 0.6) is 11.5 Å². The monoisotopic (exact) mass is 458 g/mol. The van der Waals surface area contributed by atoms with Crippen LogP contribution < -0.4 is 14.8 Å². The minimum atomic E-state index is -0.280. The molecule has 4 aromatic carbocycles. The van der Waals surface area contributed by atoms with Crippen LogP contribution in [0, 0.1) is 0 Å². The molecule has 33 heavy (non-hydrogen) atoms. The molecular formula is C26H19ClN2O4. The van der Waals surface area contributed by atoms with Gasteiger partial charge in [-0.2, -0.15) is 0 Å². The number of carbonyl (C=O) groups excluding carboxylic acids is 1. The van der Waals surface area contributed by atoms with Gasteiger partial charge in [-0.25, -0.2) is 4.98 Å². The summed E-state index contributed by atoms with van der Waals surface area (Å²) in [7, 11) is 1.59. The number of amides is 1. The average Bonchev–Trinajstić information content (AvgIpc) is 3.26. The number of hydrogen-bond donors (Lipinski definition) is 1. The molecule has 0 fully saturated rings. The summed E-state index contributed by atoms with van der Waals surface area (Å²) in [6.07, 6.45) is 0. The maximum Gasteiger partial charge on any atom is 0.262 e. The van der Waals surface area contributed by atoms with Crippen molar-refractivity contribution in [2.75, 3.05) is 19.0 Å². The van der Waals surface area contributed by atoms with Crippen LogP contribution in [0.2, 0.25) is 5.02 Å². The lowest BCUT2D eigenvalue weighted by atomic mass is 10.0. The van der Waals surface area contributed by atoms with Gasteiger partial charge in [0.15, 0.2) is 12.2 Å². The normalized spacial score (nSPS) is 11.0. The molecule has 6 nitrogen and oxygen atoms in total. The van der Waals surface area contributed by atoms with Crippen molar-refractivity contribution in [1.82, 2.24) is 4.98 Å². The van der Waals surface area contributed by atoms with E-state index >= 15 is 0 Å². The lowest BCUT2D eigenvalue weighted by molar-refractivity contribution is -0.118. The Morgan fingerprint density at radius 3 is 2.55 bits per heavy atom. The van der Waals surface area contributed by atoms with E-state index in [1.165, 1.54) is 0 Å². The number of rotatable bonds is 6. The van der Waals surface area contributed by atoms with E-state index in [0.717, 1.165) is 22.1 Å². The molecule has 7 heteroatoms. The Morgan fingerprint density at radius 1 is 0.970 bits per heavy atom. The fourth-order valence-corrected chi connectivity index (χ4v) is 3.83. The Balaban J connectivity index is 1.33. The largest absolute Gasteiger partial charge is 0.497 e. The summed E-state index contributed by atoms with van der Waals surface area (Å²) in [5.41, 5.74) is 2.71. The van der Waals surface area contributed by atoms with E-state index in [0.29, 0.717) is 33.4 Å². The van der Waals surface area contributed by atoms with Gasteiger partial charge in [0.25, 0.3) is 5.91 Å². The Kier molecular flexibility index (Phi) is 5.59. The molecule has 5 rings (SSSR count). The number of methoxy groups -OCH3 is 1. The molecule has 1 heterocycles. The summed E-state index contributed by atoms with van der Waals surface area (Å²) < 4.78 is 16.6. The van der Waals surface area contributed by atoms with E-state index < -0.39 is 0 Å². The maximum atomic E-state index is 12.3. The van der Waals surface area contributed by atoms with Gasteiger partial charge in [0.05, 0.1) is 7.11 Å². The van der Waals surface area contributed by atoms with Crippen LogP contribution in [0.4, 0.5) is 5.69 Å². The van der Waals surface area contributed by atoms with Crippen molar-refractivity contribution in [3.63, 3.8) is 0 Å². The standard InChI is InChI=1S/C26H19ClN2O4/c1-31-17-9-11-18(12-10-17)32-15-25(30)28-16-8-13-24-23(14-16)29-26(33-24)21-6-2-5-20-19(21)4-3-7-22(20)27/h2-14H,15H2,1H3,(H,28,30). The zero-order valence-corrected chi connectivity index (χ0v) is 18.4. The van der Waals surface area contributed by atoms with E-state index in [2.05, 4.69) is 10.3 Å². The molecule has 0 spiro atoms. The highest BCUT2D eigenvalue weighted by atomic mass is 35.5. The van der Waals surface area contributed by atoms with Crippen LogP contribution in [0.25, 0.3) is 33.3 Å². The Morgan fingerprint density at radius 2 is 1.73 bits per heavy atom. The number of aromatic nitrogens is 1. The summed E-state index contributed by atoms with van der Waals surface area (Å²) in [5.74, 6) is 1.51. The number of nitrogens with one attached hydrogen (secondary N) is 1. The average molecular weight is 459 g/mol. The number of oxazole rings is 1. The number of hydrogen-bond acceptors (Lipinski definition) is 5. The molecule has 0 saturated carbocycles. The molecule has 1 aromatic heterocycles. The molecule has 0 aliphatic rings. The Hall–Kier alpha value is -4.03. The number of halogens is 1. The highest BCUT2D eigenvalue weighted by Crippen LogP contribution is 2.34. The minimum Gasteiger partial charge on any atom is -0.497 e. The summed E-state index contributed by atoms with van der Waals surface area (Å²) in [6, 6.07) is 23.9. The second kappa shape index (κ2) is 8.84. The molecule has 1 amide bonds. The van der Waals surface area contributed by atoms with Gasteiger partial charge in [0, 0.05) is 21.7 Å². The van der Waals surface area contributed by atoms with E-state index in [1.807, 2.05) is 36.4 Å². The molecule has 0 radical (unpaired) electrons. The van der Waals surface area contributed by atoms with E-state index in [9.17, 15) is 4.79 Å². The van der Waals surface area contributed by atoms with Crippen LogP contribution in [0.3, 0.4) is 0 Å². The lowest BCUT2D eigenvalue weighted by Crippen LogP contribution is -2.20. The van der Waals surface area contributed by atoms with Gasteiger partial charge < -0.3 is 19.2 Å². The van der Waals surface area contributed by atoms with Crippen molar-refractivity contribution in [3.05, 3.63) is 83.9 Å². The van der Waals surface area contributed by atoms with Crippen LogP contribution in [-0.4, -0.2) is 24.6 Å². The molecule has 0 aliphatic heterocycles. The summed E-state index contributed by atoms with van der Waals surface area (Å²) in [6.45, 7) is -0.120. The second-order valence-corrected chi connectivity index (χ2v) is 7.76. The van der Waals surface area contributed by atoms with Crippen molar-refractivity contribution >= 4 is 45.1 Å². The first-order chi connectivity index (χ1) is 16.1. The minimum absolute atomic E-state index is 0.120. The molecule has 1 N–H and O–H groups in total. The third kappa shape index (κ3) is 4.33. The van der Waals surface area contributed by atoms with Crippen molar-refractivity contribution in [3.8, 4) is 23.0 Å². The number of nitrogens with zero attached hydrogens (tertiary/aromatic N) is 1. The summed E-state index contributed by atoms with van der Waals surface area (Å²) >= 11 is 6.34. The third-order valence-corrected chi connectivity index (χ3v) is 5.53. The smallest absolute Gasteiger partial charge is 0.262 e. The fraction of sp³-hybridized carbons (Fsp3) is 0.0769. The maximum absolute atomic E-state index is 12.3. The Labute approximate surface area is 194 Å². The molecule has 164 valence electrons. The van der Waals surface area contributed by atoms with Gasteiger partial charge in [-0.1, -0.05) is 35.9 Å². The van der Waals surface area contributed by atoms with Crippen molar-refractivity contribution in [2.24, 2.45) is 0 Å². The molecular weight excluding hydrogens is 440 g/mol. The zero-order valence-electron chi connectivity index (χ0n) is 17.7. The highest BCUT2D eigenvalue weighted by molar-refractivity contribution is 6.35. The lowest BCUT2D eigenvalue weighted by Gasteiger charge is -2.08. The van der Waals surface area contributed by atoms with Gasteiger partial charge in [-0.05, 0) is 60.0 Å². The molecule has 0 saturated heterocycles. The van der Waals surface area contributed by atoms with Crippen molar-refractivity contribution < 1.29 is 18.7 Å². The molecule has 0 aliphatic carbocycles. The molecule has 5 aromatic rings. The highest BCUT2D eigenvalue weighted by Gasteiger charge is 2.13. The van der Waals surface area contributed by atoms with Crippen molar-refractivity contribution in [2.45, 2.75) is 0 Å². The van der Waals surface area contributed by atoms with E-state index in [-0.39, 0.29) is 12.5 Å². The zero-order chi connectivity index (χ0) is 22.8. The van der Waals surface area contributed by atoms with Crippen LogP contribution in [0.1, 0.15) is 0 Å². The number of carbonyl (C=O) groups is 1. The first-order valence-electron chi connectivity index (χ1n) is 10.3. The van der Waals surface area contributed by atoms with Gasteiger partial charge >= 0.3 is 0 Å². The predicted molar refractivity (Wildman–Crippen MR) is 129 cm³/mol. The number of fused-ring (bicyclic) bond motifs is 2. The summed E-state index contributed by atoms with van der Waals surface area (Å²) in [5, 5.41) is 5.39. The Bertz CT molecular complexity index is 1460. The summed E-state index contributed by atoms with van der Waals surface area (Å²) in [4.78, 5) is 17.0. The van der Waals surface area contributed by atoms with Gasteiger partial charge in [-0.15, -0.1) is 0 Å². The first kappa shape index (κ1) is 20.8. The number of anilines is 1. The fourth-order valence-electron chi connectivity index (χ4n) is 3.60.